The van der Waals surface area contributed by atoms with Gasteiger partial charge < -0.3 is 15.4 Å². The van der Waals surface area contributed by atoms with Crippen LogP contribution in [0.3, 0.4) is 0 Å². The Morgan fingerprint density at radius 2 is 1.67 bits per heavy atom. The summed E-state index contributed by atoms with van der Waals surface area (Å²) in [6.07, 6.45) is 7.07. The molecule has 0 aliphatic rings. The molecule has 0 saturated carbocycles. The summed E-state index contributed by atoms with van der Waals surface area (Å²) < 4.78 is 5.74. The van der Waals surface area contributed by atoms with Gasteiger partial charge in [-0.15, -0.1) is 0 Å². The number of anilines is 1. The molecule has 0 saturated heterocycles. The molecule has 1 amide bonds. The third-order valence-corrected chi connectivity index (χ3v) is 4.37. The van der Waals surface area contributed by atoms with Gasteiger partial charge in [0.1, 0.15) is 5.75 Å². The van der Waals surface area contributed by atoms with Crippen LogP contribution in [0.1, 0.15) is 44.6 Å². The van der Waals surface area contributed by atoms with Gasteiger partial charge in [-0.1, -0.05) is 62.9 Å². The van der Waals surface area contributed by atoms with E-state index in [0.717, 1.165) is 37.4 Å². The zero-order valence-corrected chi connectivity index (χ0v) is 16.4. The molecule has 0 aliphatic carbocycles. The summed E-state index contributed by atoms with van der Waals surface area (Å²) in [5, 5.41) is 6.08. The highest BCUT2D eigenvalue weighted by molar-refractivity contribution is 5.92. The first-order valence-electron chi connectivity index (χ1n) is 10.1. The lowest BCUT2D eigenvalue weighted by atomic mass is 10.1. The first kappa shape index (κ1) is 21.0. The Hall–Kier alpha value is -2.33. The number of carbonyl (C=O) groups excluding carboxylic acids is 1. The van der Waals surface area contributed by atoms with Gasteiger partial charge in [0.25, 0.3) is 0 Å². The minimum absolute atomic E-state index is 0.0346. The maximum Gasteiger partial charge on any atom is 0.238 e. The molecule has 0 aliphatic heterocycles. The minimum Gasteiger partial charge on any atom is -0.494 e. The van der Waals surface area contributed by atoms with Gasteiger partial charge in [-0.3, -0.25) is 4.79 Å². The molecule has 27 heavy (non-hydrogen) atoms. The summed E-state index contributed by atoms with van der Waals surface area (Å²) in [5.41, 5.74) is 2.06. The number of rotatable bonds is 13. The zero-order chi connectivity index (χ0) is 19.2. The maximum absolute atomic E-state index is 12.0. The highest BCUT2D eigenvalue weighted by atomic mass is 16.5. The van der Waals surface area contributed by atoms with Crippen LogP contribution < -0.4 is 15.4 Å². The second-order valence-electron chi connectivity index (χ2n) is 6.75. The fourth-order valence-corrected chi connectivity index (χ4v) is 2.81. The number of amides is 1. The number of carbonyl (C=O) groups is 1. The molecule has 0 unspecified atom stereocenters. The van der Waals surface area contributed by atoms with E-state index in [1.54, 1.807) is 0 Å². The second-order valence-corrected chi connectivity index (χ2v) is 6.75. The van der Waals surface area contributed by atoms with Crippen molar-refractivity contribution < 1.29 is 9.53 Å². The van der Waals surface area contributed by atoms with E-state index in [-0.39, 0.29) is 5.91 Å². The van der Waals surface area contributed by atoms with E-state index < -0.39 is 0 Å². The van der Waals surface area contributed by atoms with Crippen LogP contribution in [0, 0.1) is 0 Å². The van der Waals surface area contributed by atoms with Crippen molar-refractivity contribution in [3.05, 3.63) is 60.2 Å². The molecule has 0 atom stereocenters. The summed E-state index contributed by atoms with van der Waals surface area (Å²) in [5.74, 6) is 0.817. The van der Waals surface area contributed by atoms with Crippen molar-refractivity contribution in [2.24, 2.45) is 0 Å². The fraction of sp³-hybridized carbons (Fsp3) is 0.435. The summed E-state index contributed by atoms with van der Waals surface area (Å²) in [7, 11) is 0. The molecule has 4 nitrogen and oxygen atoms in total. The first-order chi connectivity index (χ1) is 13.3. The average Bonchev–Trinajstić information content (AvgIpc) is 2.70. The van der Waals surface area contributed by atoms with E-state index in [1.165, 1.54) is 31.2 Å². The van der Waals surface area contributed by atoms with Crippen molar-refractivity contribution in [2.45, 2.75) is 45.4 Å². The van der Waals surface area contributed by atoms with E-state index in [4.69, 9.17) is 4.74 Å². The van der Waals surface area contributed by atoms with E-state index in [2.05, 4.69) is 29.7 Å². The molecule has 0 radical (unpaired) electrons. The molecule has 0 bridgehead atoms. The molecule has 0 fully saturated rings. The Morgan fingerprint density at radius 3 is 2.41 bits per heavy atom. The predicted molar refractivity (Wildman–Crippen MR) is 112 cm³/mol. The number of nitrogens with one attached hydrogen (secondary N) is 2. The Bertz CT molecular complexity index is 641. The zero-order valence-electron chi connectivity index (χ0n) is 16.4. The first-order valence-corrected chi connectivity index (χ1v) is 10.1. The van der Waals surface area contributed by atoms with Gasteiger partial charge in [0.2, 0.25) is 5.91 Å². The van der Waals surface area contributed by atoms with Crippen molar-refractivity contribution in [2.75, 3.05) is 25.0 Å². The smallest absolute Gasteiger partial charge is 0.238 e. The van der Waals surface area contributed by atoms with Gasteiger partial charge >= 0.3 is 0 Å². The summed E-state index contributed by atoms with van der Waals surface area (Å²) in [6.45, 7) is 4.06. The maximum atomic E-state index is 12.0. The quantitative estimate of drug-likeness (QED) is 0.499. The highest BCUT2D eigenvalue weighted by Crippen LogP contribution is 2.16. The van der Waals surface area contributed by atoms with Crippen molar-refractivity contribution >= 4 is 11.6 Å². The van der Waals surface area contributed by atoms with Crippen molar-refractivity contribution in [1.82, 2.24) is 5.32 Å². The van der Waals surface area contributed by atoms with E-state index in [9.17, 15) is 4.79 Å². The Labute approximate surface area is 163 Å². The molecular formula is C23H32N2O2. The van der Waals surface area contributed by atoms with Gasteiger partial charge in [0, 0.05) is 5.69 Å². The number of hydrogen-bond donors (Lipinski definition) is 2. The Morgan fingerprint density at radius 1 is 0.926 bits per heavy atom. The van der Waals surface area contributed by atoms with Crippen molar-refractivity contribution in [3.63, 3.8) is 0 Å². The van der Waals surface area contributed by atoms with Crippen molar-refractivity contribution in [3.8, 4) is 5.75 Å². The van der Waals surface area contributed by atoms with Crippen LogP contribution in [0.5, 0.6) is 5.75 Å². The number of benzene rings is 2. The number of unbranched alkanes of at least 4 members (excludes halogenated alkanes) is 4. The SMILES string of the molecule is CCCCCCCOc1ccc(NC(=O)CNCCc2ccccc2)cc1. The molecule has 146 valence electrons. The van der Waals surface area contributed by atoms with Crippen LogP contribution in [0.2, 0.25) is 0 Å². The van der Waals surface area contributed by atoms with Crippen LogP contribution in [-0.4, -0.2) is 25.6 Å². The van der Waals surface area contributed by atoms with Crippen LogP contribution >= 0.6 is 0 Å². The van der Waals surface area contributed by atoms with Crippen LogP contribution in [0.25, 0.3) is 0 Å². The summed E-state index contributed by atoms with van der Waals surface area (Å²) >= 11 is 0. The molecule has 0 spiro atoms. The number of hydrogen-bond acceptors (Lipinski definition) is 3. The Kier molecular flexibility index (Phi) is 10.0. The van der Waals surface area contributed by atoms with Gasteiger partial charge in [-0.25, -0.2) is 0 Å². The van der Waals surface area contributed by atoms with E-state index in [1.807, 2.05) is 42.5 Å². The third kappa shape index (κ3) is 9.25. The summed E-state index contributed by atoms with van der Waals surface area (Å²) in [4.78, 5) is 12.0. The average molecular weight is 369 g/mol. The lowest BCUT2D eigenvalue weighted by molar-refractivity contribution is -0.115. The molecule has 2 N–H and O–H groups in total. The standard InChI is InChI=1S/C23H32N2O2/c1-2-3-4-5-9-18-27-22-14-12-21(13-15-22)25-23(26)19-24-17-16-20-10-7-6-8-11-20/h6-8,10-15,24H,2-5,9,16-19H2,1H3,(H,25,26). The number of ether oxygens (including phenoxy) is 1. The van der Waals surface area contributed by atoms with Crippen LogP contribution in [0.4, 0.5) is 5.69 Å². The van der Waals surface area contributed by atoms with Gasteiger partial charge in [-0.05, 0) is 49.2 Å². The highest BCUT2D eigenvalue weighted by Gasteiger charge is 2.02. The van der Waals surface area contributed by atoms with Gasteiger partial charge in [0.05, 0.1) is 13.2 Å². The second kappa shape index (κ2) is 12.9. The van der Waals surface area contributed by atoms with Crippen LogP contribution in [-0.2, 0) is 11.2 Å². The van der Waals surface area contributed by atoms with Crippen molar-refractivity contribution in [1.29, 1.82) is 0 Å². The summed E-state index contributed by atoms with van der Waals surface area (Å²) in [6, 6.07) is 17.8. The molecule has 2 aromatic rings. The van der Waals surface area contributed by atoms with Crippen LogP contribution in [0.15, 0.2) is 54.6 Å². The topological polar surface area (TPSA) is 50.4 Å². The largest absolute Gasteiger partial charge is 0.494 e. The van der Waals surface area contributed by atoms with Gasteiger partial charge in [0.15, 0.2) is 0 Å². The molecule has 4 heteroatoms. The Balaban J connectivity index is 1.58. The third-order valence-electron chi connectivity index (χ3n) is 4.37. The predicted octanol–water partition coefficient (Wildman–Crippen LogP) is 4.81. The molecule has 0 aromatic heterocycles. The van der Waals surface area contributed by atoms with E-state index in [0.29, 0.717) is 6.54 Å². The molecule has 2 rings (SSSR count). The van der Waals surface area contributed by atoms with Gasteiger partial charge in [-0.2, -0.15) is 0 Å². The monoisotopic (exact) mass is 368 g/mol. The van der Waals surface area contributed by atoms with E-state index >= 15 is 0 Å². The lowest BCUT2D eigenvalue weighted by Crippen LogP contribution is -2.29. The normalized spacial score (nSPS) is 10.6. The minimum atomic E-state index is -0.0346. The molecule has 0 heterocycles. The molecule has 2 aromatic carbocycles. The fourth-order valence-electron chi connectivity index (χ4n) is 2.81. The lowest BCUT2D eigenvalue weighted by Gasteiger charge is -2.09. The molecular weight excluding hydrogens is 336 g/mol.